The lowest BCUT2D eigenvalue weighted by Gasteiger charge is -2.21. The van der Waals surface area contributed by atoms with Gasteiger partial charge in [0.25, 0.3) is 10.1 Å². The minimum Gasteiger partial charge on any atom is -0.374 e. The summed E-state index contributed by atoms with van der Waals surface area (Å²) in [5.74, 6) is 0. The number of anilines is 1. The number of benzene rings is 2. The number of halogens is 1. The Morgan fingerprint density at radius 3 is 2.45 bits per heavy atom. The largest absolute Gasteiger partial charge is 0.374 e. The average molecular weight is 297 g/mol. The van der Waals surface area contributed by atoms with Crippen LogP contribution in [0, 0.1) is 0 Å². The molecule has 0 aliphatic heterocycles. The van der Waals surface area contributed by atoms with Gasteiger partial charge in [-0.3, -0.25) is 8.94 Å². The fourth-order valence-electron chi connectivity index (χ4n) is 2.24. The van der Waals surface area contributed by atoms with E-state index in [1.807, 2.05) is 18.0 Å². The first-order valence-electron chi connectivity index (χ1n) is 6.21. The Labute approximate surface area is 117 Å². The fourth-order valence-corrected chi connectivity index (χ4v) is 2.95. The molecule has 108 valence electrons. The van der Waals surface area contributed by atoms with Crippen LogP contribution in [0.4, 0.5) is 10.1 Å². The Kier molecular flexibility index (Phi) is 4.25. The molecule has 20 heavy (non-hydrogen) atoms. The number of rotatable bonds is 5. The van der Waals surface area contributed by atoms with Crippen molar-refractivity contribution >= 4 is 26.6 Å². The zero-order valence-electron chi connectivity index (χ0n) is 11.1. The van der Waals surface area contributed by atoms with E-state index in [-0.39, 0.29) is 4.90 Å². The predicted molar refractivity (Wildman–Crippen MR) is 77.6 cm³/mol. The summed E-state index contributed by atoms with van der Waals surface area (Å²) >= 11 is 0. The third kappa shape index (κ3) is 2.91. The van der Waals surface area contributed by atoms with Crippen molar-refractivity contribution in [2.24, 2.45) is 0 Å². The number of hydrogen-bond acceptors (Lipinski definition) is 3. The molecule has 2 aromatic rings. The molecule has 0 saturated carbocycles. The first-order valence-corrected chi connectivity index (χ1v) is 7.65. The van der Waals surface area contributed by atoms with E-state index in [0.29, 0.717) is 23.7 Å². The first-order chi connectivity index (χ1) is 9.45. The first kappa shape index (κ1) is 14.7. The van der Waals surface area contributed by atoms with Gasteiger partial charge in [0.15, 0.2) is 0 Å². The van der Waals surface area contributed by atoms with E-state index in [1.165, 1.54) is 6.07 Å². The zero-order valence-corrected chi connectivity index (χ0v) is 11.9. The van der Waals surface area contributed by atoms with Crippen LogP contribution in [-0.2, 0) is 10.1 Å². The van der Waals surface area contributed by atoms with E-state index < -0.39 is 16.8 Å². The van der Waals surface area contributed by atoms with Gasteiger partial charge in [-0.2, -0.15) is 8.42 Å². The van der Waals surface area contributed by atoms with Gasteiger partial charge in [0.1, 0.15) is 4.90 Å². The monoisotopic (exact) mass is 297 g/mol. The van der Waals surface area contributed by atoms with Gasteiger partial charge in [0, 0.05) is 30.1 Å². The van der Waals surface area contributed by atoms with Gasteiger partial charge in [-0.15, -0.1) is 0 Å². The van der Waals surface area contributed by atoms with Gasteiger partial charge in [-0.1, -0.05) is 24.3 Å². The highest BCUT2D eigenvalue weighted by Gasteiger charge is 2.15. The Hall–Kier alpha value is -1.66. The van der Waals surface area contributed by atoms with E-state index in [1.54, 1.807) is 24.3 Å². The highest BCUT2D eigenvalue weighted by Crippen LogP contribution is 2.30. The minimum atomic E-state index is -4.27. The summed E-state index contributed by atoms with van der Waals surface area (Å²) in [5.41, 5.74) is 0.807. The fraction of sp³-hybridized carbons (Fsp3) is 0.286. The van der Waals surface area contributed by atoms with Crippen LogP contribution in [0.1, 0.15) is 6.42 Å². The van der Waals surface area contributed by atoms with Crippen molar-refractivity contribution in [3.8, 4) is 0 Å². The third-order valence-electron chi connectivity index (χ3n) is 3.18. The molecule has 0 aliphatic carbocycles. The van der Waals surface area contributed by atoms with Crippen LogP contribution >= 0.6 is 0 Å². The Balaban J connectivity index is 2.59. The molecule has 1 N–H and O–H groups in total. The molecule has 2 rings (SSSR count). The molecule has 6 heteroatoms. The standard InChI is InChI=1S/C14H16FNO3S/c1-16(10-4-9-15)13-7-2-6-12-11(13)5-3-8-14(12)20(17,18)19/h2-3,5-8H,4,9-10H2,1H3,(H,17,18,19). The molecular formula is C14H16FNO3S. The predicted octanol–water partition coefficient (Wildman–Crippen LogP) is 2.88. The van der Waals surface area contributed by atoms with Crippen molar-refractivity contribution in [1.82, 2.24) is 0 Å². The van der Waals surface area contributed by atoms with Crippen molar-refractivity contribution in [2.45, 2.75) is 11.3 Å². The summed E-state index contributed by atoms with van der Waals surface area (Å²) in [6.45, 7) is 0.136. The molecule has 0 saturated heterocycles. The van der Waals surface area contributed by atoms with E-state index in [0.717, 1.165) is 5.69 Å². The van der Waals surface area contributed by atoms with Crippen molar-refractivity contribution in [3.05, 3.63) is 36.4 Å². The van der Waals surface area contributed by atoms with Crippen molar-refractivity contribution in [1.29, 1.82) is 0 Å². The number of alkyl halides is 1. The van der Waals surface area contributed by atoms with Crippen LogP contribution in [0.3, 0.4) is 0 Å². The second kappa shape index (κ2) is 5.76. The maximum absolute atomic E-state index is 12.3. The summed E-state index contributed by atoms with van der Waals surface area (Å²) in [5, 5.41) is 1.17. The molecule has 2 aromatic carbocycles. The van der Waals surface area contributed by atoms with Crippen molar-refractivity contribution in [2.75, 3.05) is 25.2 Å². The molecule has 0 aliphatic rings. The van der Waals surface area contributed by atoms with E-state index in [2.05, 4.69) is 0 Å². The summed E-state index contributed by atoms with van der Waals surface area (Å²) in [4.78, 5) is 1.76. The molecule has 0 fully saturated rings. The molecule has 0 amide bonds. The van der Waals surface area contributed by atoms with E-state index in [4.69, 9.17) is 0 Å². The molecule has 0 spiro atoms. The topological polar surface area (TPSA) is 57.6 Å². The van der Waals surface area contributed by atoms with Crippen LogP contribution in [0.2, 0.25) is 0 Å². The quantitative estimate of drug-likeness (QED) is 0.862. The normalized spacial score (nSPS) is 11.8. The van der Waals surface area contributed by atoms with Crippen LogP contribution < -0.4 is 4.90 Å². The maximum Gasteiger partial charge on any atom is 0.295 e. The van der Waals surface area contributed by atoms with E-state index in [9.17, 15) is 17.4 Å². The highest BCUT2D eigenvalue weighted by atomic mass is 32.2. The second-order valence-corrected chi connectivity index (χ2v) is 5.96. The number of nitrogens with zero attached hydrogens (tertiary/aromatic N) is 1. The van der Waals surface area contributed by atoms with Crippen molar-refractivity contribution < 1.29 is 17.4 Å². The van der Waals surface area contributed by atoms with Gasteiger partial charge in [-0.25, -0.2) is 0 Å². The van der Waals surface area contributed by atoms with Crippen LogP contribution in [0.15, 0.2) is 41.3 Å². The molecule has 4 nitrogen and oxygen atoms in total. The Morgan fingerprint density at radius 1 is 1.15 bits per heavy atom. The average Bonchev–Trinajstić information content (AvgIpc) is 2.42. The van der Waals surface area contributed by atoms with Gasteiger partial charge in [-0.05, 0) is 18.6 Å². The molecular weight excluding hydrogens is 281 g/mol. The van der Waals surface area contributed by atoms with Crippen LogP contribution in [0.5, 0.6) is 0 Å². The summed E-state index contributed by atoms with van der Waals surface area (Å²) in [6, 6.07) is 9.93. The Morgan fingerprint density at radius 2 is 1.80 bits per heavy atom. The summed E-state index contributed by atoms with van der Waals surface area (Å²) < 4.78 is 44.3. The number of fused-ring (bicyclic) bond motifs is 1. The van der Waals surface area contributed by atoms with Crippen LogP contribution in [-0.4, -0.2) is 33.2 Å². The molecule has 0 unspecified atom stereocenters. The van der Waals surface area contributed by atoms with Gasteiger partial charge < -0.3 is 4.90 Å². The lowest BCUT2D eigenvalue weighted by molar-refractivity contribution is 0.474. The smallest absolute Gasteiger partial charge is 0.295 e. The third-order valence-corrected chi connectivity index (χ3v) is 4.09. The Bertz CT molecular complexity index is 715. The molecule has 0 aromatic heterocycles. The molecule has 0 heterocycles. The zero-order chi connectivity index (χ0) is 14.8. The lowest BCUT2D eigenvalue weighted by atomic mass is 10.1. The second-order valence-electron chi connectivity index (χ2n) is 4.57. The highest BCUT2D eigenvalue weighted by molar-refractivity contribution is 7.86. The van der Waals surface area contributed by atoms with E-state index >= 15 is 0 Å². The molecule has 0 bridgehead atoms. The van der Waals surface area contributed by atoms with Crippen LogP contribution in [0.25, 0.3) is 10.8 Å². The number of hydrogen-bond donors (Lipinski definition) is 1. The maximum atomic E-state index is 12.3. The van der Waals surface area contributed by atoms with Gasteiger partial charge >= 0.3 is 0 Å². The lowest BCUT2D eigenvalue weighted by Crippen LogP contribution is -2.19. The minimum absolute atomic E-state index is 0.115. The SMILES string of the molecule is CN(CCCF)c1cccc2c(S(=O)(=O)O)cccc12. The molecule has 0 atom stereocenters. The van der Waals surface area contributed by atoms with Gasteiger partial charge in [0.05, 0.1) is 6.67 Å². The van der Waals surface area contributed by atoms with Gasteiger partial charge in [0.2, 0.25) is 0 Å². The molecule has 0 radical (unpaired) electrons. The summed E-state index contributed by atoms with van der Waals surface area (Å²) in [7, 11) is -2.44. The summed E-state index contributed by atoms with van der Waals surface area (Å²) in [6.07, 6.45) is 0.408. The van der Waals surface area contributed by atoms with Crippen molar-refractivity contribution in [3.63, 3.8) is 0 Å².